The minimum absolute atomic E-state index is 0.0559. The predicted octanol–water partition coefficient (Wildman–Crippen LogP) is 3.06. The molecule has 0 unspecified atom stereocenters. The molecule has 2 rings (SSSR count). The van der Waals surface area contributed by atoms with Crippen LogP contribution in [0.3, 0.4) is 0 Å². The third kappa shape index (κ3) is 5.31. The van der Waals surface area contributed by atoms with E-state index in [0.717, 1.165) is 5.75 Å². The van der Waals surface area contributed by atoms with Gasteiger partial charge in [-0.2, -0.15) is 0 Å². The summed E-state index contributed by atoms with van der Waals surface area (Å²) < 4.78 is 10.5. The van der Waals surface area contributed by atoms with Crippen LogP contribution in [-0.2, 0) is 9.59 Å². The SMILES string of the molecule is CCC(=O)Nc1ccc(NC(=O)COc2ccc(OC)cc2)cc1. The van der Waals surface area contributed by atoms with Gasteiger partial charge in [-0.05, 0) is 48.5 Å². The van der Waals surface area contributed by atoms with Crippen molar-refractivity contribution < 1.29 is 19.1 Å². The molecule has 0 spiro atoms. The number of amides is 2. The Hall–Kier alpha value is -3.02. The van der Waals surface area contributed by atoms with E-state index in [9.17, 15) is 9.59 Å². The van der Waals surface area contributed by atoms with Crippen molar-refractivity contribution in [2.75, 3.05) is 24.4 Å². The lowest BCUT2D eigenvalue weighted by atomic mass is 10.2. The number of carbonyl (C=O) groups excluding carboxylic acids is 2. The second kappa shape index (κ2) is 8.57. The standard InChI is InChI=1S/C18H20N2O4/c1-3-17(21)19-13-4-6-14(7-5-13)20-18(22)12-24-16-10-8-15(23-2)9-11-16/h4-11H,3,12H2,1-2H3,(H,19,21)(H,20,22). The molecule has 0 saturated heterocycles. The van der Waals surface area contributed by atoms with Crippen LogP contribution in [0.1, 0.15) is 13.3 Å². The number of ether oxygens (including phenoxy) is 2. The highest BCUT2D eigenvalue weighted by atomic mass is 16.5. The van der Waals surface area contributed by atoms with Crippen LogP contribution in [0.25, 0.3) is 0 Å². The minimum atomic E-state index is -0.267. The zero-order valence-electron chi connectivity index (χ0n) is 13.7. The molecular formula is C18H20N2O4. The highest BCUT2D eigenvalue weighted by molar-refractivity contribution is 5.93. The summed E-state index contributed by atoms with van der Waals surface area (Å²) in [4.78, 5) is 23.2. The first-order valence-electron chi connectivity index (χ1n) is 7.57. The average Bonchev–Trinajstić information content (AvgIpc) is 2.62. The van der Waals surface area contributed by atoms with Gasteiger partial charge >= 0.3 is 0 Å². The normalized spacial score (nSPS) is 9.92. The molecule has 24 heavy (non-hydrogen) atoms. The van der Waals surface area contributed by atoms with E-state index < -0.39 is 0 Å². The summed E-state index contributed by atoms with van der Waals surface area (Å²) in [5.41, 5.74) is 1.32. The third-order valence-electron chi connectivity index (χ3n) is 3.20. The molecule has 6 nitrogen and oxygen atoms in total. The Bertz CT molecular complexity index is 681. The molecule has 2 amide bonds. The van der Waals surface area contributed by atoms with Crippen molar-refractivity contribution in [1.29, 1.82) is 0 Å². The van der Waals surface area contributed by atoms with E-state index in [0.29, 0.717) is 23.5 Å². The Kier molecular flexibility index (Phi) is 6.19. The van der Waals surface area contributed by atoms with E-state index in [-0.39, 0.29) is 18.4 Å². The van der Waals surface area contributed by atoms with E-state index in [1.165, 1.54) is 0 Å². The van der Waals surface area contributed by atoms with Crippen LogP contribution < -0.4 is 20.1 Å². The van der Waals surface area contributed by atoms with Gasteiger partial charge in [0, 0.05) is 17.8 Å². The molecule has 0 atom stereocenters. The van der Waals surface area contributed by atoms with Crippen LogP contribution in [0.4, 0.5) is 11.4 Å². The molecule has 0 bridgehead atoms. The minimum Gasteiger partial charge on any atom is -0.497 e. The highest BCUT2D eigenvalue weighted by Crippen LogP contribution is 2.17. The van der Waals surface area contributed by atoms with Gasteiger partial charge < -0.3 is 20.1 Å². The molecule has 0 radical (unpaired) electrons. The maximum absolute atomic E-state index is 11.9. The first-order valence-corrected chi connectivity index (χ1v) is 7.57. The quantitative estimate of drug-likeness (QED) is 0.819. The Balaban J connectivity index is 1.82. The van der Waals surface area contributed by atoms with Crippen molar-refractivity contribution in [2.45, 2.75) is 13.3 Å². The second-order valence-electron chi connectivity index (χ2n) is 4.99. The lowest BCUT2D eigenvalue weighted by Crippen LogP contribution is -2.20. The van der Waals surface area contributed by atoms with E-state index in [1.54, 1.807) is 62.6 Å². The zero-order chi connectivity index (χ0) is 17.4. The number of hydrogen-bond donors (Lipinski definition) is 2. The van der Waals surface area contributed by atoms with Crippen molar-refractivity contribution in [2.24, 2.45) is 0 Å². The number of anilines is 2. The van der Waals surface area contributed by atoms with E-state index >= 15 is 0 Å². The number of rotatable bonds is 7. The molecule has 0 fully saturated rings. The van der Waals surface area contributed by atoms with Gasteiger partial charge in [-0.15, -0.1) is 0 Å². The fourth-order valence-electron chi connectivity index (χ4n) is 1.90. The van der Waals surface area contributed by atoms with Gasteiger partial charge in [0.05, 0.1) is 7.11 Å². The summed E-state index contributed by atoms with van der Waals surface area (Å²) in [5.74, 6) is 0.987. The zero-order valence-corrected chi connectivity index (χ0v) is 13.7. The molecule has 6 heteroatoms. The molecule has 2 aromatic rings. The summed E-state index contributed by atoms with van der Waals surface area (Å²) in [6, 6.07) is 13.9. The Morgan fingerprint density at radius 1 is 0.833 bits per heavy atom. The summed E-state index contributed by atoms with van der Waals surface area (Å²) in [5, 5.41) is 5.47. The average molecular weight is 328 g/mol. The van der Waals surface area contributed by atoms with Crippen molar-refractivity contribution in [3.8, 4) is 11.5 Å². The molecular weight excluding hydrogens is 308 g/mol. The smallest absolute Gasteiger partial charge is 0.262 e. The third-order valence-corrected chi connectivity index (χ3v) is 3.20. The Morgan fingerprint density at radius 2 is 1.33 bits per heavy atom. The lowest BCUT2D eigenvalue weighted by Gasteiger charge is -2.09. The first kappa shape index (κ1) is 17.3. The van der Waals surface area contributed by atoms with Crippen LogP contribution in [0.15, 0.2) is 48.5 Å². The summed E-state index contributed by atoms with van der Waals surface area (Å²) >= 11 is 0. The van der Waals surface area contributed by atoms with Crippen LogP contribution in [-0.4, -0.2) is 25.5 Å². The number of benzene rings is 2. The molecule has 0 aliphatic rings. The highest BCUT2D eigenvalue weighted by Gasteiger charge is 2.05. The Morgan fingerprint density at radius 3 is 1.83 bits per heavy atom. The number of methoxy groups -OCH3 is 1. The number of nitrogens with one attached hydrogen (secondary N) is 2. The summed E-state index contributed by atoms with van der Waals surface area (Å²) in [7, 11) is 1.59. The fourth-order valence-corrected chi connectivity index (χ4v) is 1.90. The van der Waals surface area contributed by atoms with Crippen LogP contribution in [0.5, 0.6) is 11.5 Å². The van der Waals surface area contributed by atoms with Crippen molar-refractivity contribution >= 4 is 23.2 Å². The number of hydrogen-bond acceptors (Lipinski definition) is 4. The molecule has 0 saturated carbocycles. The van der Waals surface area contributed by atoms with Gasteiger partial charge in [-0.1, -0.05) is 6.92 Å². The van der Waals surface area contributed by atoms with Gasteiger partial charge in [0.1, 0.15) is 11.5 Å². The Labute approximate surface area is 140 Å². The molecule has 0 aromatic heterocycles. The van der Waals surface area contributed by atoms with Gasteiger partial charge in [0.15, 0.2) is 6.61 Å². The topological polar surface area (TPSA) is 76.7 Å². The second-order valence-corrected chi connectivity index (χ2v) is 4.99. The molecule has 2 aromatic carbocycles. The van der Waals surface area contributed by atoms with E-state index in [4.69, 9.17) is 9.47 Å². The summed E-state index contributed by atoms with van der Waals surface area (Å²) in [6.45, 7) is 1.69. The fraction of sp³-hybridized carbons (Fsp3) is 0.222. The predicted molar refractivity (Wildman–Crippen MR) is 92.5 cm³/mol. The van der Waals surface area contributed by atoms with Crippen molar-refractivity contribution in [1.82, 2.24) is 0 Å². The van der Waals surface area contributed by atoms with Crippen molar-refractivity contribution in [3.63, 3.8) is 0 Å². The monoisotopic (exact) mass is 328 g/mol. The van der Waals surface area contributed by atoms with E-state index in [1.807, 2.05) is 0 Å². The van der Waals surface area contributed by atoms with Crippen molar-refractivity contribution in [3.05, 3.63) is 48.5 Å². The van der Waals surface area contributed by atoms with Crippen LogP contribution >= 0.6 is 0 Å². The van der Waals surface area contributed by atoms with Crippen LogP contribution in [0.2, 0.25) is 0 Å². The summed E-state index contributed by atoms with van der Waals surface area (Å²) in [6.07, 6.45) is 0.418. The van der Waals surface area contributed by atoms with E-state index in [2.05, 4.69) is 10.6 Å². The lowest BCUT2D eigenvalue weighted by molar-refractivity contribution is -0.118. The van der Waals surface area contributed by atoms with Gasteiger partial charge in [-0.25, -0.2) is 0 Å². The molecule has 0 aliphatic carbocycles. The molecule has 126 valence electrons. The molecule has 2 N–H and O–H groups in total. The van der Waals surface area contributed by atoms with Gasteiger partial charge in [0.25, 0.3) is 5.91 Å². The molecule has 0 heterocycles. The van der Waals surface area contributed by atoms with Gasteiger partial charge in [0.2, 0.25) is 5.91 Å². The number of carbonyl (C=O) groups is 2. The molecule has 0 aliphatic heterocycles. The maximum Gasteiger partial charge on any atom is 0.262 e. The van der Waals surface area contributed by atoms with Crippen LogP contribution in [0, 0.1) is 0 Å². The van der Waals surface area contributed by atoms with Gasteiger partial charge in [-0.3, -0.25) is 9.59 Å². The first-order chi connectivity index (χ1) is 11.6. The maximum atomic E-state index is 11.9. The largest absolute Gasteiger partial charge is 0.497 e.